The summed E-state index contributed by atoms with van der Waals surface area (Å²) >= 11 is 0. The van der Waals surface area contributed by atoms with Crippen molar-refractivity contribution in [2.45, 2.75) is 32.4 Å². The summed E-state index contributed by atoms with van der Waals surface area (Å²) in [5.41, 5.74) is 2.18. The van der Waals surface area contributed by atoms with Gasteiger partial charge in [-0.25, -0.2) is 4.39 Å². The van der Waals surface area contributed by atoms with Crippen LogP contribution in [0.15, 0.2) is 42.7 Å². The van der Waals surface area contributed by atoms with Crippen LogP contribution in [0, 0.1) is 5.82 Å². The fraction of sp³-hybridized carbons (Fsp3) is 0.421. The van der Waals surface area contributed by atoms with Gasteiger partial charge in [0.1, 0.15) is 0 Å². The molecule has 2 heterocycles. The van der Waals surface area contributed by atoms with Gasteiger partial charge in [0.2, 0.25) is 0 Å². The highest BCUT2D eigenvalue weighted by atomic mass is 19.1. The van der Waals surface area contributed by atoms with Crippen molar-refractivity contribution in [3.63, 3.8) is 0 Å². The lowest BCUT2D eigenvalue weighted by Crippen LogP contribution is -2.38. The van der Waals surface area contributed by atoms with Gasteiger partial charge in [0.25, 0.3) is 0 Å². The lowest BCUT2D eigenvalue weighted by Gasteiger charge is -2.32. The van der Waals surface area contributed by atoms with Crippen LogP contribution in [-0.4, -0.2) is 35.6 Å². The fourth-order valence-electron chi connectivity index (χ4n) is 3.09. The Labute approximate surface area is 142 Å². The molecule has 0 amide bonds. The first-order chi connectivity index (χ1) is 11.7. The summed E-state index contributed by atoms with van der Waals surface area (Å²) in [5.74, 6) is 0.0584. The topological polar surface area (TPSA) is 37.4 Å². The lowest BCUT2D eigenvalue weighted by molar-refractivity contribution is 0.211. The normalized spacial score (nSPS) is 16.1. The van der Waals surface area contributed by atoms with Gasteiger partial charge >= 0.3 is 0 Å². The molecule has 0 radical (unpaired) electrons. The molecule has 1 saturated heterocycles. The van der Waals surface area contributed by atoms with Crippen molar-refractivity contribution < 1.29 is 9.13 Å². The van der Waals surface area contributed by atoms with E-state index in [2.05, 4.69) is 15.2 Å². The Morgan fingerprint density at radius 1 is 1.29 bits per heavy atom. The van der Waals surface area contributed by atoms with Crippen molar-refractivity contribution in [2.75, 3.05) is 25.0 Å². The molecule has 2 aromatic rings. The van der Waals surface area contributed by atoms with E-state index in [1.807, 2.05) is 37.4 Å². The van der Waals surface area contributed by atoms with E-state index < -0.39 is 0 Å². The van der Waals surface area contributed by atoms with Crippen LogP contribution in [0.25, 0.3) is 0 Å². The molecule has 1 fully saturated rings. The number of nitrogens with zero attached hydrogens (tertiary/aromatic N) is 2. The molecular formula is C19H24FN3O. The maximum Gasteiger partial charge on any atom is 0.165 e. The van der Waals surface area contributed by atoms with Crippen LogP contribution in [0.3, 0.4) is 0 Å². The van der Waals surface area contributed by atoms with Gasteiger partial charge in [-0.2, -0.15) is 0 Å². The van der Waals surface area contributed by atoms with Crippen LogP contribution >= 0.6 is 0 Å². The summed E-state index contributed by atoms with van der Waals surface area (Å²) in [5, 5.41) is 3.54. The quantitative estimate of drug-likeness (QED) is 0.877. The second kappa shape index (κ2) is 8.11. The third kappa shape index (κ3) is 4.45. The Morgan fingerprint density at radius 3 is 2.83 bits per heavy atom. The van der Waals surface area contributed by atoms with Gasteiger partial charge < -0.3 is 10.1 Å². The van der Waals surface area contributed by atoms with Crippen molar-refractivity contribution in [1.29, 1.82) is 0 Å². The van der Waals surface area contributed by atoms with E-state index in [1.165, 1.54) is 6.07 Å². The van der Waals surface area contributed by atoms with Gasteiger partial charge in [0.15, 0.2) is 11.6 Å². The van der Waals surface area contributed by atoms with Crippen LogP contribution in [0.1, 0.15) is 25.3 Å². The number of benzene rings is 1. The van der Waals surface area contributed by atoms with E-state index in [0.29, 0.717) is 18.4 Å². The van der Waals surface area contributed by atoms with Gasteiger partial charge in [0.05, 0.1) is 12.3 Å². The van der Waals surface area contributed by atoms with Crippen LogP contribution in [0.4, 0.5) is 10.1 Å². The number of pyridine rings is 1. The molecule has 0 saturated carbocycles. The Balaban J connectivity index is 1.51. The molecule has 0 atom stereocenters. The van der Waals surface area contributed by atoms with Crippen molar-refractivity contribution in [3.8, 4) is 5.75 Å². The minimum atomic E-state index is -0.292. The fourth-order valence-corrected chi connectivity index (χ4v) is 3.09. The van der Waals surface area contributed by atoms with Gasteiger partial charge in [-0.15, -0.1) is 0 Å². The summed E-state index contributed by atoms with van der Waals surface area (Å²) in [6.07, 6.45) is 5.83. The molecule has 3 rings (SSSR count). The van der Waals surface area contributed by atoms with Gasteiger partial charge in [-0.3, -0.25) is 9.88 Å². The maximum atomic E-state index is 13.6. The van der Waals surface area contributed by atoms with E-state index in [9.17, 15) is 4.39 Å². The van der Waals surface area contributed by atoms with E-state index in [1.54, 1.807) is 6.20 Å². The minimum absolute atomic E-state index is 0.292. The molecule has 1 aliphatic heterocycles. The monoisotopic (exact) mass is 329 g/mol. The highest BCUT2D eigenvalue weighted by Crippen LogP contribution is 2.22. The molecule has 0 unspecified atom stereocenters. The summed E-state index contributed by atoms with van der Waals surface area (Å²) in [6.45, 7) is 5.23. The Hall–Kier alpha value is -2.14. The molecule has 4 nitrogen and oxygen atoms in total. The zero-order valence-corrected chi connectivity index (χ0v) is 14.0. The first-order valence-electron chi connectivity index (χ1n) is 8.54. The summed E-state index contributed by atoms with van der Waals surface area (Å²) in [7, 11) is 0. The largest absolute Gasteiger partial charge is 0.491 e. The van der Waals surface area contributed by atoms with E-state index >= 15 is 0 Å². The molecule has 5 heteroatoms. The summed E-state index contributed by atoms with van der Waals surface area (Å²) in [4.78, 5) is 6.54. The van der Waals surface area contributed by atoms with Crippen LogP contribution < -0.4 is 10.1 Å². The Bertz CT molecular complexity index is 642. The zero-order valence-electron chi connectivity index (χ0n) is 14.0. The average molecular weight is 329 g/mol. The first kappa shape index (κ1) is 16.7. The predicted octanol–water partition coefficient (Wildman–Crippen LogP) is 3.70. The number of ether oxygens (including phenoxy) is 1. The number of rotatable bonds is 6. The molecular weight excluding hydrogens is 305 g/mol. The number of hydrogen-bond acceptors (Lipinski definition) is 4. The minimum Gasteiger partial charge on any atom is -0.491 e. The lowest BCUT2D eigenvalue weighted by atomic mass is 10.0. The number of piperidine rings is 1. The third-order valence-electron chi connectivity index (χ3n) is 4.32. The van der Waals surface area contributed by atoms with Crippen molar-refractivity contribution in [3.05, 3.63) is 54.1 Å². The molecule has 1 aromatic carbocycles. The first-order valence-corrected chi connectivity index (χ1v) is 8.54. The highest BCUT2D eigenvalue weighted by molar-refractivity contribution is 5.40. The Morgan fingerprint density at radius 2 is 2.12 bits per heavy atom. The van der Waals surface area contributed by atoms with Crippen molar-refractivity contribution >= 4 is 5.69 Å². The molecule has 1 aromatic heterocycles. The van der Waals surface area contributed by atoms with Gasteiger partial charge in [-0.1, -0.05) is 6.07 Å². The maximum absolute atomic E-state index is 13.6. The molecule has 0 spiro atoms. The standard InChI is InChI=1S/C19H24FN3O/c1-2-24-19-12-15(5-6-18(19)20)14-23-10-7-16(8-11-23)22-17-4-3-9-21-13-17/h3-6,9,12-13,16,22H,2,7-8,10-11,14H2,1H3. The number of likely N-dealkylation sites (tertiary alicyclic amines) is 1. The van der Waals surface area contributed by atoms with Crippen LogP contribution in [-0.2, 0) is 6.54 Å². The second-order valence-corrected chi connectivity index (χ2v) is 6.13. The molecule has 0 bridgehead atoms. The predicted molar refractivity (Wildman–Crippen MR) is 93.7 cm³/mol. The SMILES string of the molecule is CCOc1cc(CN2CCC(Nc3cccnc3)CC2)ccc1F. The number of hydrogen-bond donors (Lipinski definition) is 1. The molecule has 128 valence electrons. The van der Waals surface area contributed by atoms with Crippen LogP contribution in [0.5, 0.6) is 5.75 Å². The van der Waals surface area contributed by atoms with Gasteiger partial charge in [0, 0.05) is 38.1 Å². The highest BCUT2D eigenvalue weighted by Gasteiger charge is 2.19. The Kier molecular flexibility index (Phi) is 5.64. The number of nitrogens with one attached hydrogen (secondary N) is 1. The third-order valence-corrected chi connectivity index (χ3v) is 4.32. The van der Waals surface area contributed by atoms with E-state index in [4.69, 9.17) is 4.74 Å². The van der Waals surface area contributed by atoms with Gasteiger partial charge in [-0.05, 0) is 49.6 Å². The summed E-state index contributed by atoms with van der Waals surface area (Å²) < 4.78 is 19.0. The number of aromatic nitrogens is 1. The van der Waals surface area contributed by atoms with E-state index in [0.717, 1.165) is 43.7 Å². The zero-order chi connectivity index (χ0) is 16.8. The smallest absolute Gasteiger partial charge is 0.165 e. The average Bonchev–Trinajstić information content (AvgIpc) is 2.61. The summed E-state index contributed by atoms with van der Waals surface area (Å²) in [6, 6.07) is 9.64. The molecule has 1 aliphatic rings. The molecule has 1 N–H and O–H groups in total. The molecule has 0 aliphatic carbocycles. The second-order valence-electron chi connectivity index (χ2n) is 6.13. The van der Waals surface area contributed by atoms with Crippen LogP contribution in [0.2, 0.25) is 0 Å². The number of halogens is 1. The van der Waals surface area contributed by atoms with E-state index in [-0.39, 0.29) is 5.82 Å². The number of anilines is 1. The molecule has 24 heavy (non-hydrogen) atoms. The van der Waals surface area contributed by atoms with Crippen molar-refractivity contribution in [1.82, 2.24) is 9.88 Å². The van der Waals surface area contributed by atoms with Crippen molar-refractivity contribution in [2.24, 2.45) is 0 Å².